The minimum absolute atomic E-state index is 0.206. The first-order chi connectivity index (χ1) is 12.1. The van der Waals surface area contributed by atoms with Crippen molar-refractivity contribution in [2.45, 2.75) is 40.2 Å². The van der Waals surface area contributed by atoms with E-state index >= 15 is 0 Å². The van der Waals surface area contributed by atoms with Gasteiger partial charge < -0.3 is 24.8 Å². The van der Waals surface area contributed by atoms with E-state index < -0.39 is 0 Å². The molecular formula is C19H33N3O3. The van der Waals surface area contributed by atoms with Gasteiger partial charge in [-0.25, -0.2) is 0 Å². The highest BCUT2D eigenvalue weighted by molar-refractivity contribution is 5.80. The summed E-state index contributed by atoms with van der Waals surface area (Å²) in [5, 5.41) is 6.59. The molecule has 0 aliphatic carbocycles. The number of methoxy groups -OCH3 is 1. The zero-order valence-corrected chi connectivity index (χ0v) is 16.2. The van der Waals surface area contributed by atoms with Crippen molar-refractivity contribution in [1.29, 1.82) is 0 Å². The molecule has 0 saturated carbocycles. The van der Waals surface area contributed by atoms with Crippen LogP contribution in [0, 0.1) is 0 Å². The number of aliphatic imine (C=N–C) groups is 1. The van der Waals surface area contributed by atoms with Crippen molar-refractivity contribution >= 4 is 5.96 Å². The molecule has 0 fully saturated rings. The first-order valence-corrected chi connectivity index (χ1v) is 9.06. The standard InChI is InChI=1S/C19H33N3O3/c1-6-20-19(22-15(4)14-23-5)21-12-11-16-9-10-17(24-7-2)18(13-16)25-8-3/h9-10,13,15H,6-8,11-12,14H2,1-5H3,(H2,20,21,22). The quantitative estimate of drug-likeness (QED) is 0.474. The summed E-state index contributed by atoms with van der Waals surface area (Å²) in [7, 11) is 1.70. The van der Waals surface area contributed by atoms with Crippen molar-refractivity contribution in [2.24, 2.45) is 4.99 Å². The maximum absolute atomic E-state index is 5.68. The van der Waals surface area contributed by atoms with Crippen molar-refractivity contribution in [3.05, 3.63) is 23.8 Å². The Morgan fingerprint density at radius 2 is 1.84 bits per heavy atom. The van der Waals surface area contributed by atoms with Crippen LogP contribution in [0.5, 0.6) is 11.5 Å². The Morgan fingerprint density at radius 3 is 2.48 bits per heavy atom. The van der Waals surface area contributed by atoms with Gasteiger partial charge in [0.2, 0.25) is 0 Å². The number of nitrogens with zero attached hydrogens (tertiary/aromatic N) is 1. The van der Waals surface area contributed by atoms with E-state index in [0.717, 1.165) is 30.4 Å². The lowest BCUT2D eigenvalue weighted by Crippen LogP contribution is -2.44. The lowest BCUT2D eigenvalue weighted by Gasteiger charge is -2.17. The molecule has 1 unspecified atom stereocenters. The van der Waals surface area contributed by atoms with Gasteiger partial charge in [0.05, 0.1) is 19.8 Å². The average Bonchev–Trinajstić information content (AvgIpc) is 2.58. The Labute approximate surface area is 152 Å². The molecule has 1 aromatic rings. The van der Waals surface area contributed by atoms with Gasteiger partial charge in [-0.05, 0) is 51.8 Å². The van der Waals surface area contributed by atoms with Crippen LogP contribution in [0.25, 0.3) is 0 Å². The van der Waals surface area contributed by atoms with Gasteiger partial charge >= 0.3 is 0 Å². The van der Waals surface area contributed by atoms with E-state index in [1.54, 1.807) is 7.11 Å². The van der Waals surface area contributed by atoms with Gasteiger partial charge in [-0.1, -0.05) is 6.07 Å². The molecule has 6 nitrogen and oxygen atoms in total. The second kappa shape index (κ2) is 12.4. The summed E-state index contributed by atoms with van der Waals surface area (Å²) in [5.74, 6) is 2.40. The third-order valence-corrected chi connectivity index (χ3v) is 3.42. The Morgan fingerprint density at radius 1 is 1.12 bits per heavy atom. The number of benzene rings is 1. The second-order valence-corrected chi connectivity index (χ2v) is 5.66. The number of ether oxygens (including phenoxy) is 3. The van der Waals surface area contributed by atoms with Crippen LogP contribution in [0.1, 0.15) is 33.3 Å². The fourth-order valence-corrected chi connectivity index (χ4v) is 2.39. The maximum atomic E-state index is 5.68. The number of hydrogen-bond donors (Lipinski definition) is 2. The van der Waals surface area contributed by atoms with Crippen LogP contribution >= 0.6 is 0 Å². The van der Waals surface area contributed by atoms with E-state index in [0.29, 0.717) is 26.4 Å². The highest BCUT2D eigenvalue weighted by Gasteiger charge is 2.07. The first-order valence-electron chi connectivity index (χ1n) is 9.06. The molecule has 1 aromatic carbocycles. The number of rotatable bonds is 11. The normalized spacial score (nSPS) is 12.6. The van der Waals surface area contributed by atoms with Gasteiger partial charge in [-0.2, -0.15) is 0 Å². The van der Waals surface area contributed by atoms with E-state index in [1.165, 1.54) is 5.56 Å². The highest BCUT2D eigenvalue weighted by atomic mass is 16.5. The molecule has 6 heteroatoms. The van der Waals surface area contributed by atoms with Gasteiger partial charge in [0.1, 0.15) is 0 Å². The Hall–Kier alpha value is -1.95. The van der Waals surface area contributed by atoms with Crippen LogP contribution in [0.4, 0.5) is 0 Å². The van der Waals surface area contributed by atoms with E-state index in [1.807, 2.05) is 26.0 Å². The van der Waals surface area contributed by atoms with Crippen LogP contribution < -0.4 is 20.1 Å². The molecule has 25 heavy (non-hydrogen) atoms. The van der Waals surface area contributed by atoms with Crippen molar-refractivity contribution in [1.82, 2.24) is 10.6 Å². The number of nitrogens with one attached hydrogen (secondary N) is 2. The third-order valence-electron chi connectivity index (χ3n) is 3.42. The molecule has 0 aromatic heterocycles. The van der Waals surface area contributed by atoms with Crippen molar-refractivity contribution in [2.75, 3.05) is 40.0 Å². The summed E-state index contributed by atoms with van der Waals surface area (Å²) in [4.78, 5) is 4.63. The molecule has 0 spiro atoms. The first kappa shape index (κ1) is 21.1. The fraction of sp³-hybridized carbons (Fsp3) is 0.632. The van der Waals surface area contributed by atoms with E-state index in [4.69, 9.17) is 14.2 Å². The van der Waals surface area contributed by atoms with Gasteiger partial charge in [0.25, 0.3) is 0 Å². The fourth-order valence-electron chi connectivity index (χ4n) is 2.39. The maximum Gasteiger partial charge on any atom is 0.191 e. The number of guanidine groups is 1. The van der Waals surface area contributed by atoms with Crippen LogP contribution in [-0.2, 0) is 11.2 Å². The summed E-state index contributed by atoms with van der Waals surface area (Å²) in [6.07, 6.45) is 0.835. The minimum Gasteiger partial charge on any atom is -0.490 e. The minimum atomic E-state index is 0.206. The predicted octanol–water partition coefficient (Wildman–Crippen LogP) is 2.62. The Bertz CT molecular complexity index is 521. The van der Waals surface area contributed by atoms with E-state index in [-0.39, 0.29) is 6.04 Å². The molecule has 0 amide bonds. The summed E-state index contributed by atoms with van der Waals surface area (Å²) < 4.78 is 16.4. The molecule has 2 N–H and O–H groups in total. The molecule has 0 saturated heterocycles. The largest absolute Gasteiger partial charge is 0.490 e. The topological polar surface area (TPSA) is 64.1 Å². The summed E-state index contributed by atoms with van der Waals surface area (Å²) in [6.45, 7) is 11.5. The van der Waals surface area contributed by atoms with E-state index in [2.05, 4.69) is 35.5 Å². The van der Waals surface area contributed by atoms with Gasteiger partial charge in [-0.15, -0.1) is 0 Å². The van der Waals surface area contributed by atoms with Crippen molar-refractivity contribution in [3.63, 3.8) is 0 Å². The summed E-state index contributed by atoms with van der Waals surface area (Å²) >= 11 is 0. The SMILES string of the molecule is CCNC(=NCCc1ccc(OCC)c(OCC)c1)NC(C)COC. The average molecular weight is 351 g/mol. The van der Waals surface area contributed by atoms with Gasteiger partial charge in [0, 0.05) is 26.2 Å². The molecule has 0 radical (unpaired) electrons. The van der Waals surface area contributed by atoms with Crippen molar-refractivity contribution < 1.29 is 14.2 Å². The molecule has 0 aliphatic heterocycles. The van der Waals surface area contributed by atoms with Crippen LogP contribution in [-0.4, -0.2) is 52.0 Å². The van der Waals surface area contributed by atoms with E-state index in [9.17, 15) is 0 Å². The molecule has 1 atom stereocenters. The zero-order valence-electron chi connectivity index (χ0n) is 16.2. The van der Waals surface area contributed by atoms with Gasteiger partial charge in [0.15, 0.2) is 17.5 Å². The summed E-state index contributed by atoms with van der Waals surface area (Å²) in [6, 6.07) is 6.28. The molecular weight excluding hydrogens is 318 g/mol. The molecule has 1 rings (SSSR count). The van der Waals surface area contributed by atoms with Crippen LogP contribution in [0.3, 0.4) is 0 Å². The Balaban J connectivity index is 2.68. The molecule has 0 bridgehead atoms. The predicted molar refractivity (Wildman–Crippen MR) is 103 cm³/mol. The summed E-state index contributed by atoms with van der Waals surface area (Å²) in [5.41, 5.74) is 1.18. The smallest absolute Gasteiger partial charge is 0.191 e. The lowest BCUT2D eigenvalue weighted by molar-refractivity contribution is 0.179. The van der Waals surface area contributed by atoms with Crippen LogP contribution in [0.2, 0.25) is 0 Å². The zero-order chi connectivity index (χ0) is 18.5. The molecule has 142 valence electrons. The Kier molecular flexibility index (Phi) is 10.5. The molecule has 0 heterocycles. The monoisotopic (exact) mass is 351 g/mol. The van der Waals surface area contributed by atoms with Crippen molar-refractivity contribution in [3.8, 4) is 11.5 Å². The highest BCUT2D eigenvalue weighted by Crippen LogP contribution is 2.28. The second-order valence-electron chi connectivity index (χ2n) is 5.66. The van der Waals surface area contributed by atoms with Crippen LogP contribution in [0.15, 0.2) is 23.2 Å². The van der Waals surface area contributed by atoms with Gasteiger partial charge in [-0.3, -0.25) is 4.99 Å². The molecule has 0 aliphatic rings. The lowest BCUT2D eigenvalue weighted by atomic mass is 10.1. The third kappa shape index (κ3) is 8.12. The number of hydrogen-bond acceptors (Lipinski definition) is 4.